The van der Waals surface area contributed by atoms with E-state index in [2.05, 4.69) is 31.3 Å². The fourth-order valence-corrected chi connectivity index (χ4v) is 3.41. The van der Waals surface area contributed by atoms with Crippen LogP contribution in [0.15, 0.2) is 30.3 Å². The Morgan fingerprint density at radius 1 is 1.33 bits per heavy atom. The minimum absolute atomic E-state index is 0.0247. The normalized spacial score (nSPS) is 30.8. The first-order chi connectivity index (χ1) is 11.6. The van der Waals surface area contributed by atoms with Crippen molar-refractivity contribution in [2.24, 2.45) is 0 Å². The second-order valence-corrected chi connectivity index (χ2v) is 7.01. The van der Waals surface area contributed by atoms with Crippen LogP contribution in [-0.2, 0) is 9.47 Å². The summed E-state index contributed by atoms with van der Waals surface area (Å²) in [5.41, 5.74) is 0.957. The van der Waals surface area contributed by atoms with E-state index in [-0.39, 0.29) is 23.8 Å². The van der Waals surface area contributed by atoms with E-state index in [9.17, 15) is 4.79 Å². The lowest BCUT2D eigenvalue weighted by Gasteiger charge is -2.41. The molecule has 1 aromatic rings. The Kier molecular flexibility index (Phi) is 5.41. The fourth-order valence-electron chi connectivity index (χ4n) is 3.41. The first-order valence-corrected chi connectivity index (χ1v) is 8.95. The topological polar surface area (TPSA) is 50.8 Å². The van der Waals surface area contributed by atoms with E-state index in [1.807, 2.05) is 23.1 Å². The van der Waals surface area contributed by atoms with E-state index in [0.29, 0.717) is 26.3 Å². The van der Waals surface area contributed by atoms with Crippen LogP contribution in [0.5, 0.6) is 0 Å². The van der Waals surface area contributed by atoms with Crippen LogP contribution < -0.4 is 5.32 Å². The standard InChI is InChI=1S/C19H28N2O3/c1-3-19(2)14-21(10-12-24-19)18(22)20-16-9-11-23-17(13-16)15-7-5-4-6-8-15/h4-8,16-17H,3,9-14H2,1-2H3,(H,20,22). The van der Waals surface area contributed by atoms with Crippen LogP contribution in [0.2, 0.25) is 0 Å². The molecule has 2 heterocycles. The van der Waals surface area contributed by atoms with Crippen molar-refractivity contribution in [3.8, 4) is 0 Å². The molecule has 3 unspecified atom stereocenters. The van der Waals surface area contributed by atoms with Gasteiger partial charge >= 0.3 is 6.03 Å². The molecule has 3 atom stereocenters. The smallest absolute Gasteiger partial charge is 0.317 e. The van der Waals surface area contributed by atoms with Crippen molar-refractivity contribution >= 4 is 6.03 Å². The number of benzene rings is 1. The summed E-state index contributed by atoms with van der Waals surface area (Å²) in [5.74, 6) is 0. The highest BCUT2D eigenvalue weighted by molar-refractivity contribution is 5.74. The molecule has 0 radical (unpaired) electrons. The second kappa shape index (κ2) is 7.53. The number of nitrogens with one attached hydrogen (secondary N) is 1. The van der Waals surface area contributed by atoms with Gasteiger partial charge < -0.3 is 19.7 Å². The number of hydrogen-bond donors (Lipinski definition) is 1. The van der Waals surface area contributed by atoms with Gasteiger partial charge in [0.1, 0.15) is 0 Å². The van der Waals surface area contributed by atoms with Crippen LogP contribution >= 0.6 is 0 Å². The minimum atomic E-state index is -0.224. The van der Waals surface area contributed by atoms with Crippen molar-refractivity contribution in [2.45, 2.75) is 50.9 Å². The number of ether oxygens (including phenoxy) is 2. The Balaban J connectivity index is 1.56. The van der Waals surface area contributed by atoms with Gasteiger partial charge in [-0.05, 0) is 31.7 Å². The number of carbonyl (C=O) groups is 1. The molecule has 0 aromatic heterocycles. The van der Waals surface area contributed by atoms with E-state index >= 15 is 0 Å². The second-order valence-electron chi connectivity index (χ2n) is 7.01. The van der Waals surface area contributed by atoms with Gasteiger partial charge in [-0.2, -0.15) is 0 Å². The molecule has 2 amide bonds. The van der Waals surface area contributed by atoms with E-state index in [4.69, 9.17) is 9.47 Å². The van der Waals surface area contributed by atoms with Gasteiger partial charge in [-0.15, -0.1) is 0 Å². The predicted molar refractivity (Wildman–Crippen MR) is 92.9 cm³/mol. The Morgan fingerprint density at radius 3 is 2.88 bits per heavy atom. The van der Waals surface area contributed by atoms with Crippen LogP contribution in [0, 0.1) is 0 Å². The van der Waals surface area contributed by atoms with Gasteiger partial charge in [0.25, 0.3) is 0 Å². The van der Waals surface area contributed by atoms with Gasteiger partial charge in [-0.3, -0.25) is 0 Å². The van der Waals surface area contributed by atoms with Crippen molar-refractivity contribution in [3.05, 3.63) is 35.9 Å². The summed E-state index contributed by atoms with van der Waals surface area (Å²) < 4.78 is 11.7. The highest BCUT2D eigenvalue weighted by Crippen LogP contribution is 2.28. The van der Waals surface area contributed by atoms with Crippen LogP contribution in [-0.4, -0.2) is 48.9 Å². The van der Waals surface area contributed by atoms with Crippen molar-refractivity contribution in [1.29, 1.82) is 0 Å². The summed E-state index contributed by atoms with van der Waals surface area (Å²) in [4.78, 5) is 14.5. The fraction of sp³-hybridized carbons (Fsp3) is 0.632. The van der Waals surface area contributed by atoms with Crippen molar-refractivity contribution in [3.63, 3.8) is 0 Å². The van der Waals surface area contributed by atoms with E-state index < -0.39 is 0 Å². The van der Waals surface area contributed by atoms with E-state index in [1.54, 1.807) is 0 Å². The summed E-state index contributed by atoms with van der Waals surface area (Å²) in [6, 6.07) is 10.4. The molecule has 132 valence electrons. The molecule has 5 heteroatoms. The molecule has 2 aliphatic heterocycles. The highest BCUT2D eigenvalue weighted by Gasteiger charge is 2.34. The summed E-state index contributed by atoms with van der Waals surface area (Å²) in [5, 5.41) is 3.20. The van der Waals surface area contributed by atoms with Gasteiger partial charge in [-0.25, -0.2) is 4.79 Å². The molecular weight excluding hydrogens is 304 g/mol. The van der Waals surface area contributed by atoms with Crippen molar-refractivity contribution in [1.82, 2.24) is 10.2 Å². The molecule has 0 saturated carbocycles. The molecule has 5 nitrogen and oxygen atoms in total. The zero-order valence-corrected chi connectivity index (χ0v) is 14.7. The molecule has 0 spiro atoms. The Morgan fingerprint density at radius 2 is 2.12 bits per heavy atom. The van der Waals surface area contributed by atoms with Crippen LogP contribution in [0.25, 0.3) is 0 Å². The number of hydrogen-bond acceptors (Lipinski definition) is 3. The monoisotopic (exact) mass is 332 g/mol. The van der Waals surface area contributed by atoms with Gasteiger partial charge in [0.2, 0.25) is 0 Å². The van der Waals surface area contributed by atoms with Gasteiger partial charge in [0, 0.05) is 19.2 Å². The number of morpholine rings is 1. The Labute approximate surface area is 144 Å². The lowest BCUT2D eigenvalue weighted by Crippen LogP contribution is -2.56. The number of nitrogens with zero attached hydrogens (tertiary/aromatic N) is 1. The summed E-state index contributed by atoms with van der Waals surface area (Å²) in [6.45, 7) is 6.78. The molecule has 2 saturated heterocycles. The van der Waals surface area contributed by atoms with Crippen molar-refractivity contribution in [2.75, 3.05) is 26.3 Å². The summed E-state index contributed by atoms with van der Waals surface area (Å²) in [6.07, 6.45) is 2.66. The van der Waals surface area contributed by atoms with E-state index in [0.717, 1.165) is 19.3 Å². The van der Waals surface area contributed by atoms with Crippen LogP contribution in [0.1, 0.15) is 44.8 Å². The van der Waals surface area contributed by atoms with Gasteiger partial charge in [-0.1, -0.05) is 37.3 Å². The molecular formula is C19H28N2O3. The first-order valence-electron chi connectivity index (χ1n) is 8.95. The Hall–Kier alpha value is -1.59. The third-order valence-corrected chi connectivity index (χ3v) is 5.16. The lowest BCUT2D eigenvalue weighted by molar-refractivity contribution is -0.0879. The average Bonchev–Trinajstić information content (AvgIpc) is 2.63. The van der Waals surface area contributed by atoms with Gasteiger partial charge in [0.05, 0.1) is 24.9 Å². The number of amides is 2. The third-order valence-electron chi connectivity index (χ3n) is 5.16. The van der Waals surface area contributed by atoms with E-state index in [1.165, 1.54) is 5.56 Å². The number of urea groups is 1. The molecule has 0 bridgehead atoms. The minimum Gasteiger partial charge on any atom is -0.373 e. The molecule has 1 N–H and O–H groups in total. The summed E-state index contributed by atoms with van der Waals surface area (Å²) >= 11 is 0. The number of rotatable bonds is 3. The maximum absolute atomic E-state index is 12.6. The molecule has 2 fully saturated rings. The molecule has 2 aliphatic rings. The first kappa shape index (κ1) is 17.2. The average molecular weight is 332 g/mol. The highest BCUT2D eigenvalue weighted by atomic mass is 16.5. The molecule has 0 aliphatic carbocycles. The maximum atomic E-state index is 12.6. The molecule has 24 heavy (non-hydrogen) atoms. The molecule has 1 aromatic carbocycles. The van der Waals surface area contributed by atoms with Crippen LogP contribution in [0.4, 0.5) is 4.79 Å². The summed E-state index contributed by atoms with van der Waals surface area (Å²) in [7, 11) is 0. The van der Waals surface area contributed by atoms with Crippen LogP contribution in [0.3, 0.4) is 0 Å². The van der Waals surface area contributed by atoms with Crippen molar-refractivity contribution < 1.29 is 14.3 Å². The third kappa shape index (κ3) is 4.08. The SMILES string of the molecule is CCC1(C)CN(C(=O)NC2CCOC(c3ccccc3)C2)CCO1. The Bertz CT molecular complexity index is 551. The molecule has 3 rings (SSSR count). The zero-order chi connectivity index (χ0) is 17.0. The predicted octanol–water partition coefficient (Wildman–Crippen LogP) is 3.12. The maximum Gasteiger partial charge on any atom is 0.317 e. The largest absolute Gasteiger partial charge is 0.373 e. The quantitative estimate of drug-likeness (QED) is 0.925. The lowest BCUT2D eigenvalue weighted by atomic mass is 9.97. The zero-order valence-electron chi connectivity index (χ0n) is 14.7. The number of carbonyl (C=O) groups excluding carboxylic acids is 1. The van der Waals surface area contributed by atoms with Gasteiger partial charge in [0.15, 0.2) is 0 Å².